The largest absolute Gasteiger partial charge is 0.344 e. The molecule has 0 saturated heterocycles. The Bertz CT molecular complexity index is 520. The van der Waals surface area contributed by atoms with Crippen molar-refractivity contribution in [3.63, 3.8) is 0 Å². The maximum absolute atomic E-state index is 11.6. The van der Waals surface area contributed by atoms with Crippen LogP contribution >= 0.6 is 0 Å². The number of nitrogens with zero attached hydrogens (tertiary/aromatic N) is 1. The van der Waals surface area contributed by atoms with Crippen LogP contribution in [0.25, 0.3) is 0 Å². The van der Waals surface area contributed by atoms with Crippen LogP contribution in [0.3, 0.4) is 0 Å². The van der Waals surface area contributed by atoms with E-state index in [1.165, 1.54) is 6.08 Å². The molecular weight excluding hydrogens is 246 g/mol. The van der Waals surface area contributed by atoms with Gasteiger partial charge in [0.1, 0.15) is 5.71 Å². The Balaban J connectivity index is 1.95. The highest BCUT2D eigenvalue weighted by Gasteiger charge is 2.25. The fraction of sp³-hybridized carbons (Fsp3) is 0.444. The lowest BCUT2D eigenvalue weighted by Crippen LogP contribution is -2.42. The summed E-state index contributed by atoms with van der Waals surface area (Å²) in [4.78, 5) is 22.5. The molecule has 1 unspecified atom stereocenters. The monoisotopic (exact) mass is 257 g/mol. The number of amides is 2. The van der Waals surface area contributed by atoms with Gasteiger partial charge in [-0.1, -0.05) is 0 Å². The molecule has 92 valence electrons. The molecular formula is C9H11N3O4S. The van der Waals surface area contributed by atoms with Crippen molar-refractivity contribution < 1.29 is 18.0 Å². The quantitative estimate of drug-likeness (QED) is 0.640. The van der Waals surface area contributed by atoms with Gasteiger partial charge in [0.15, 0.2) is 9.84 Å². The van der Waals surface area contributed by atoms with Gasteiger partial charge in [-0.15, -0.1) is 0 Å². The van der Waals surface area contributed by atoms with E-state index in [-0.39, 0.29) is 30.2 Å². The normalized spacial score (nSPS) is 26.2. The molecule has 2 N–H and O–H groups in total. The Morgan fingerprint density at radius 2 is 2.24 bits per heavy atom. The first-order valence-corrected chi connectivity index (χ1v) is 6.75. The molecule has 0 saturated carbocycles. The van der Waals surface area contributed by atoms with Gasteiger partial charge in [-0.3, -0.25) is 9.59 Å². The van der Waals surface area contributed by atoms with E-state index < -0.39 is 21.8 Å². The number of carbonyl (C=O) groups is 2. The maximum Gasteiger partial charge on any atom is 0.267 e. The molecule has 1 atom stereocenters. The van der Waals surface area contributed by atoms with Gasteiger partial charge >= 0.3 is 0 Å². The van der Waals surface area contributed by atoms with E-state index in [1.54, 1.807) is 0 Å². The Morgan fingerprint density at radius 3 is 2.76 bits per heavy atom. The highest BCUT2D eigenvalue weighted by Crippen LogP contribution is 2.08. The van der Waals surface area contributed by atoms with Crippen LogP contribution in [0.15, 0.2) is 16.6 Å². The minimum Gasteiger partial charge on any atom is -0.344 e. The van der Waals surface area contributed by atoms with Crippen LogP contribution in [-0.2, 0) is 19.4 Å². The topological polar surface area (TPSA) is 105 Å². The first-order chi connectivity index (χ1) is 7.96. The molecule has 2 heterocycles. The van der Waals surface area contributed by atoms with Crippen LogP contribution in [0.4, 0.5) is 0 Å². The summed E-state index contributed by atoms with van der Waals surface area (Å²) in [6.07, 6.45) is 1.90. The number of hydrogen-bond acceptors (Lipinski definition) is 5. The van der Waals surface area contributed by atoms with Crippen LogP contribution in [-0.4, -0.2) is 37.7 Å². The molecule has 7 nitrogen and oxygen atoms in total. The number of nitrogens with one attached hydrogen (secondary N) is 2. The van der Waals surface area contributed by atoms with Crippen molar-refractivity contribution in [2.45, 2.75) is 18.9 Å². The van der Waals surface area contributed by atoms with E-state index in [0.29, 0.717) is 0 Å². The lowest BCUT2D eigenvalue weighted by molar-refractivity contribution is -0.121. The third kappa shape index (κ3) is 2.90. The predicted molar refractivity (Wildman–Crippen MR) is 59.7 cm³/mol. The summed E-state index contributed by atoms with van der Waals surface area (Å²) >= 11 is 0. The molecule has 0 aromatic rings. The molecule has 2 aliphatic rings. The SMILES string of the molecule is O=C1CCC(C(=O)NC2C=CS(=O)(=O)C2)=NN1. The molecule has 2 rings (SSSR count). The Morgan fingerprint density at radius 1 is 1.47 bits per heavy atom. The highest BCUT2D eigenvalue weighted by atomic mass is 32.2. The number of hydrogen-bond donors (Lipinski definition) is 2. The number of carbonyl (C=O) groups excluding carboxylic acids is 2. The van der Waals surface area contributed by atoms with Gasteiger partial charge in [-0.25, -0.2) is 13.8 Å². The van der Waals surface area contributed by atoms with Crippen LogP contribution in [0, 0.1) is 0 Å². The average molecular weight is 257 g/mol. The van der Waals surface area contributed by atoms with E-state index in [1.807, 2.05) is 0 Å². The van der Waals surface area contributed by atoms with Gasteiger partial charge < -0.3 is 5.32 Å². The van der Waals surface area contributed by atoms with Crippen molar-refractivity contribution in [2.24, 2.45) is 5.10 Å². The third-order valence-corrected chi connectivity index (χ3v) is 3.81. The van der Waals surface area contributed by atoms with Gasteiger partial charge in [-0.2, -0.15) is 5.10 Å². The second kappa shape index (κ2) is 4.28. The summed E-state index contributed by atoms with van der Waals surface area (Å²) in [5, 5.41) is 7.24. The van der Waals surface area contributed by atoms with Gasteiger partial charge in [0.2, 0.25) is 5.91 Å². The van der Waals surface area contributed by atoms with Crippen LogP contribution in [0.5, 0.6) is 0 Å². The van der Waals surface area contributed by atoms with E-state index in [2.05, 4.69) is 15.8 Å². The third-order valence-electron chi connectivity index (χ3n) is 2.41. The van der Waals surface area contributed by atoms with Gasteiger partial charge in [0.05, 0.1) is 11.8 Å². The molecule has 2 aliphatic heterocycles. The molecule has 2 amide bonds. The van der Waals surface area contributed by atoms with Crippen molar-refractivity contribution in [3.8, 4) is 0 Å². The Hall–Kier alpha value is -1.70. The van der Waals surface area contributed by atoms with Gasteiger partial charge in [0, 0.05) is 18.2 Å². The van der Waals surface area contributed by atoms with Crippen LogP contribution in [0.1, 0.15) is 12.8 Å². The summed E-state index contributed by atoms with van der Waals surface area (Å²) in [5.74, 6) is -0.806. The fourth-order valence-corrected chi connectivity index (χ4v) is 2.79. The van der Waals surface area contributed by atoms with Gasteiger partial charge in [0.25, 0.3) is 5.91 Å². The second-order valence-corrected chi connectivity index (χ2v) is 5.76. The molecule has 17 heavy (non-hydrogen) atoms. The van der Waals surface area contributed by atoms with Crippen molar-refractivity contribution in [1.29, 1.82) is 0 Å². The summed E-state index contributed by atoms with van der Waals surface area (Å²) in [6.45, 7) is 0. The zero-order valence-electron chi connectivity index (χ0n) is 8.84. The molecule has 8 heteroatoms. The molecule has 0 fully saturated rings. The number of rotatable bonds is 2. The maximum atomic E-state index is 11.6. The van der Waals surface area contributed by atoms with E-state index in [9.17, 15) is 18.0 Å². The van der Waals surface area contributed by atoms with E-state index >= 15 is 0 Å². The van der Waals surface area contributed by atoms with Crippen molar-refractivity contribution in [3.05, 3.63) is 11.5 Å². The minimum absolute atomic E-state index is 0.127. The zero-order chi connectivity index (χ0) is 12.5. The van der Waals surface area contributed by atoms with Crippen LogP contribution < -0.4 is 10.7 Å². The molecule has 0 radical (unpaired) electrons. The summed E-state index contributed by atoms with van der Waals surface area (Å²) in [6, 6.07) is -0.521. The van der Waals surface area contributed by atoms with Crippen molar-refractivity contribution in [2.75, 3.05) is 5.75 Å². The Labute approximate surface area is 97.9 Å². The molecule has 0 aromatic carbocycles. The first kappa shape index (κ1) is 11.8. The second-order valence-electron chi connectivity index (χ2n) is 3.83. The van der Waals surface area contributed by atoms with Crippen LogP contribution in [0.2, 0.25) is 0 Å². The zero-order valence-corrected chi connectivity index (χ0v) is 9.66. The molecule has 0 aromatic heterocycles. The summed E-state index contributed by atoms with van der Waals surface area (Å²) in [7, 11) is -3.19. The summed E-state index contributed by atoms with van der Waals surface area (Å²) in [5.41, 5.74) is 2.42. The van der Waals surface area contributed by atoms with Crippen molar-refractivity contribution in [1.82, 2.24) is 10.7 Å². The highest BCUT2D eigenvalue weighted by molar-refractivity contribution is 7.94. The lowest BCUT2D eigenvalue weighted by Gasteiger charge is -2.14. The number of hydrazone groups is 1. The van der Waals surface area contributed by atoms with Gasteiger partial charge in [-0.05, 0) is 6.08 Å². The molecule has 0 bridgehead atoms. The first-order valence-electron chi connectivity index (χ1n) is 5.03. The molecule has 0 aliphatic carbocycles. The lowest BCUT2D eigenvalue weighted by atomic mass is 10.1. The Kier molecular flexibility index (Phi) is 2.97. The minimum atomic E-state index is -3.19. The fourth-order valence-electron chi connectivity index (χ4n) is 1.56. The standard InChI is InChI=1S/C9H11N3O4S/c13-8-2-1-7(11-12-8)9(14)10-6-3-4-17(15,16)5-6/h3-4,6H,1-2,5H2,(H,10,14)(H,12,13). The number of sulfone groups is 1. The average Bonchev–Trinajstić information content (AvgIpc) is 2.59. The smallest absolute Gasteiger partial charge is 0.267 e. The molecule has 0 spiro atoms. The van der Waals surface area contributed by atoms with E-state index in [0.717, 1.165) is 5.41 Å². The predicted octanol–water partition coefficient (Wildman–Crippen LogP) is -1.32. The van der Waals surface area contributed by atoms with E-state index in [4.69, 9.17) is 0 Å². The summed E-state index contributed by atoms with van der Waals surface area (Å²) < 4.78 is 22.2. The van der Waals surface area contributed by atoms with Crippen molar-refractivity contribution >= 4 is 27.4 Å².